The van der Waals surface area contributed by atoms with Gasteiger partial charge in [0.15, 0.2) is 6.10 Å². The van der Waals surface area contributed by atoms with E-state index in [4.69, 9.17) is 21.1 Å². The molecule has 0 radical (unpaired) electrons. The van der Waals surface area contributed by atoms with E-state index in [1.165, 1.54) is 20.1 Å². The van der Waals surface area contributed by atoms with Crippen molar-refractivity contribution < 1.29 is 32.2 Å². The number of alkyl halides is 2. The van der Waals surface area contributed by atoms with E-state index < -0.39 is 24.5 Å². The lowest BCUT2D eigenvalue weighted by atomic mass is 9.98. The molecule has 1 heterocycles. The number of nitrogens with zero attached hydrogens (tertiary/aromatic N) is 1. The number of carbonyl (C=O) groups excluding carboxylic acids is 1. The van der Waals surface area contributed by atoms with Crippen LogP contribution in [-0.4, -0.2) is 30.8 Å². The van der Waals surface area contributed by atoms with Crippen molar-refractivity contribution in [2.45, 2.75) is 39.4 Å². The van der Waals surface area contributed by atoms with E-state index in [0.29, 0.717) is 22.7 Å². The maximum atomic E-state index is 14.7. The summed E-state index contributed by atoms with van der Waals surface area (Å²) in [5.41, 5.74) is 1.35. The van der Waals surface area contributed by atoms with Crippen LogP contribution in [0, 0.1) is 5.82 Å². The SMILES string of the molecule is CCc1nc2c(F)ccc(OC(C)C(=O)OC)c2c(OC(F)F)c1Cc1ccc(Cl)cc1. The molecule has 0 saturated heterocycles. The first-order valence-electron chi connectivity index (χ1n) is 9.82. The van der Waals surface area contributed by atoms with E-state index in [-0.39, 0.29) is 28.8 Å². The number of fused-ring (bicyclic) bond motifs is 1. The number of aromatic nitrogens is 1. The topological polar surface area (TPSA) is 57.7 Å². The van der Waals surface area contributed by atoms with Crippen LogP contribution in [0.4, 0.5) is 13.2 Å². The maximum absolute atomic E-state index is 14.7. The lowest BCUT2D eigenvalue weighted by molar-refractivity contribution is -0.147. The molecular formula is C23H21ClF3NO4. The van der Waals surface area contributed by atoms with E-state index >= 15 is 0 Å². The third-order valence-electron chi connectivity index (χ3n) is 4.86. The first kappa shape index (κ1) is 23.7. The van der Waals surface area contributed by atoms with Crippen LogP contribution in [0.5, 0.6) is 11.5 Å². The molecule has 0 N–H and O–H groups in total. The number of halogens is 4. The highest BCUT2D eigenvalue weighted by Crippen LogP contribution is 2.41. The standard InChI is InChI=1S/C23H21ClF3NO4/c1-4-17-15(11-13-5-7-14(24)8-6-13)21(32-23(26)27)19-18(31-12(2)22(29)30-3)10-9-16(25)20(19)28-17/h5-10,12,23H,4,11H2,1-3H3. The van der Waals surface area contributed by atoms with Gasteiger partial charge in [-0.15, -0.1) is 0 Å². The summed E-state index contributed by atoms with van der Waals surface area (Å²) in [6.45, 7) is 0.0313. The monoisotopic (exact) mass is 467 g/mol. The van der Waals surface area contributed by atoms with Crippen LogP contribution in [0.3, 0.4) is 0 Å². The van der Waals surface area contributed by atoms with Gasteiger partial charge in [-0.25, -0.2) is 14.2 Å². The second-order valence-electron chi connectivity index (χ2n) is 6.95. The Kier molecular flexibility index (Phi) is 7.45. The van der Waals surface area contributed by atoms with Crippen molar-refractivity contribution in [3.05, 3.63) is 64.1 Å². The number of hydrogen-bond acceptors (Lipinski definition) is 5. The molecule has 3 rings (SSSR count). The smallest absolute Gasteiger partial charge is 0.387 e. The van der Waals surface area contributed by atoms with Gasteiger partial charge in [-0.2, -0.15) is 8.78 Å². The number of benzene rings is 2. The number of esters is 1. The number of aryl methyl sites for hydroxylation is 1. The number of carbonyl (C=O) groups is 1. The molecule has 0 aliphatic carbocycles. The summed E-state index contributed by atoms with van der Waals surface area (Å²) in [6.07, 6.45) is -0.534. The Morgan fingerprint density at radius 2 is 1.81 bits per heavy atom. The zero-order valence-electron chi connectivity index (χ0n) is 17.6. The second kappa shape index (κ2) is 10.1. The minimum atomic E-state index is -3.18. The van der Waals surface area contributed by atoms with Crippen molar-refractivity contribution in [3.8, 4) is 11.5 Å². The zero-order valence-corrected chi connectivity index (χ0v) is 18.4. The molecule has 1 unspecified atom stereocenters. The average Bonchev–Trinajstić information content (AvgIpc) is 2.77. The van der Waals surface area contributed by atoms with E-state index in [9.17, 15) is 18.0 Å². The van der Waals surface area contributed by atoms with Gasteiger partial charge in [-0.1, -0.05) is 30.7 Å². The molecule has 0 fully saturated rings. The Balaban J connectivity index is 2.27. The highest BCUT2D eigenvalue weighted by Gasteiger charge is 2.25. The van der Waals surface area contributed by atoms with E-state index in [1.54, 1.807) is 31.2 Å². The highest BCUT2D eigenvalue weighted by molar-refractivity contribution is 6.30. The molecule has 0 aliphatic rings. The summed E-state index contributed by atoms with van der Waals surface area (Å²) in [5.74, 6) is -1.69. The van der Waals surface area contributed by atoms with Crippen LogP contribution < -0.4 is 9.47 Å². The lowest BCUT2D eigenvalue weighted by Gasteiger charge is -2.20. The first-order chi connectivity index (χ1) is 15.2. The molecule has 170 valence electrons. The van der Waals surface area contributed by atoms with Crippen LogP contribution in [0.2, 0.25) is 5.02 Å². The molecule has 5 nitrogen and oxygen atoms in total. The fourth-order valence-electron chi connectivity index (χ4n) is 3.36. The van der Waals surface area contributed by atoms with Crippen LogP contribution in [0.1, 0.15) is 30.7 Å². The predicted molar refractivity (Wildman–Crippen MR) is 114 cm³/mol. The van der Waals surface area contributed by atoms with Gasteiger partial charge in [0.2, 0.25) is 0 Å². The number of hydrogen-bond donors (Lipinski definition) is 0. The van der Waals surface area contributed by atoms with Gasteiger partial charge >= 0.3 is 12.6 Å². The predicted octanol–water partition coefficient (Wildman–Crippen LogP) is 5.72. The van der Waals surface area contributed by atoms with Gasteiger partial charge in [0.1, 0.15) is 22.8 Å². The third kappa shape index (κ3) is 5.07. The first-order valence-corrected chi connectivity index (χ1v) is 10.2. The van der Waals surface area contributed by atoms with Gasteiger partial charge in [0.05, 0.1) is 12.5 Å². The van der Waals surface area contributed by atoms with Crippen LogP contribution >= 0.6 is 11.6 Å². The normalized spacial score (nSPS) is 12.1. The average molecular weight is 468 g/mol. The molecule has 1 aromatic heterocycles. The molecule has 0 saturated carbocycles. The van der Waals surface area contributed by atoms with Crippen molar-refractivity contribution in [2.75, 3.05) is 7.11 Å². The number of pyridine rings is 1. The molecule has 0 spiro atoms. The fraction of sp³-hybridized carbons (Fsp3) is 0.304. The van der Waals surface area contributed by atoms with E-state index in [1.807, 2.05) is 0 Å². The summed E-state index contributed by atoms with van der Waals surface area (Å²) < 4.78 is 56.8. The Morgan fingerprint density at radius 1 is 1.12 bits per heavy atom. The molecule has 9 heteroatoms. The largest absolute Gasteiger partial charge is 0.478 e. The summed E-state index contributed by atoms with van der Waals surface area (Å²) in [4.78, 5) is 16.2. The zero-order chi connectivity index (χ0) is 23.4. The summed E-state index contributed by atoms with van der Waals surface area (Å²) in [6, 6.07) is 9.20. The summed E-state index contributed by atoms with van der Waals surface area (Å²) in [5, 5.41) is 0.446. The van der Waals surface area contributed by atoms with Crippen molar-refractivity contribution >= 4 is 28.5 Å². The third-order valence-corrected chi connectivity index (χ3v) is 5.11. The lowest BCUT2D eigenvalue weighted by Crippen LogP contribution is -2.25. The number of methoxy groups -OCH3 is 1. The van der Waals surface area contributed by atoms with Gasteiger partial charge in [-0.3, -0.25) is 0 Å². The quantitative estimate of drug-likeness (QED) is 0.396. The molecule has 0 bridgehead atoms. The van der Waals surface area contributed by atoms with E-state index in [2.05, 4.69) is 9.72 Å². The minimum absolute atomic E-state index is 0.0255. The van der Waals surface area contributed by atoms with Crippen molar-refractivity contribution in [3.63, 3.8) is 0 Å². The van der Waals surface area contributed by atoms with Crippen LogP contribution in [-0.2, 0) is 22.4 Å². The van der Waals surface area contributed by atoms with Gasteiger partial charge in [0, 0.05) is 22.7 Å². The summed E-state index contributed by atoms with van der Waals surface area (Å²) in [7, 11) is 1.19. The highest BCUT2D eigenvalue weighted by atomic mass is 35.5. The van der Waals surface area contributed by atoms with Crippen LogP contribution in [0.15, 0.2) is 36.4 Å². The van der Waals surface area contributed by atoms with Crippen molar-refractivity contribution in [1.29, 1.82) is 0 Å². The van der Waals surface area contributed by atoms with Gasteiger partial charge in [0.25, 0.3) is 0 Å². The Hall–Kier alpha value is -3.00. The molecule has 0 amide bonds. The Labute approximate surface area is 188 Å². The molecule has 1 atom stereocenters. The molecule has 2 aromatic carbocycles. The second-order valence-corrected chi connectivity index (χ2v) is 7.39. The number of rotatable bonds is 8. The summed E-state index contributed by atoms with van der Waals surface area (Å²) >= 11 is 5.94. The molecule has 0 aliphatic heterocycles. The Morgan fingerprint density at radius 3 is 2.41 bits per heavy atom. The fourth-order valence-corrected chi connectivity index (χ4v) is 3.49. The van der Waals surface area contributed by atoms with Crippen molar-refractivity contribution in [1.82, 2.24) is 4.98 Å². The van der Waals surface area contributed by atoms with Gasteiger partial charge in [-0.05, 0) is 43.2 Å². The van der Waals surface area contributed by atoms with Crippen molar-refractivity contribution in [2.24, 2.45) is 0 Å². The maximum Gasteiger partial charge on any atom is 0.387 e. The number of ether oxygens (including phenoxy) is 3. The Bertz CT molecular complexity index is 1120. The molecular weight excluding hydrogens is 447 g/mol. The van der Waals surface area contributed by atoms with Crippen LogP contribution in [0.25, 0.3) is 10.9 Å². The van der Waals surface area contributed by atoms with E-state index in [0.717, 1.165) is 11.6 Å². The molecule has 32 heavy (non-hydrogen) atoms. The van der Waals surface area contributed by atoms with Gasteiger partial charge < -0.3 is 14.2 Å². The minimum Gasteiger partial charge on any atom is -0.478 e. The molecule has 3 aromatic rings.